The van der Waals surface area contributed by atoms with E-state index in [4.69, 9.17) is 17.3 Å². The van der Waals surface area contributed by atoms with E-state index in [1.165, 1.54) is 0 Å². The van der Waals surface area contributed by atoms with E-state index in [1.54, 1.807) is 18.3 Å². The van der Waals surface area contributed by atoms with Crippen molar-refractivity contribution in [3.63, 3.8) is 0 Å². The Hall–Kier alpha value is -1.20. The summed E-state index contributed by atoms with van der Waals surface area (Å²) in [4.78, 5) is 14.9. The van der Waals surface area contributed by atoms with Gasteiger partial charge in [-0.15, -0.1) is 0 Å². The molecule has 0 aliphatic carbocycles. The third kappa shape index (κ3) is 4.14. The molecule has 1 amide bonds. The fraction of sp³-hybridized carbons (Fsp3) is 0.571. The summed E-state index contributed by atoms with van der Waals surface area (Å²) in [6.07, 6.45) is 4.24. The molecule has 0 aromatic carbocycles. The van der Waals surface area contributed by atoms with Gasteiger partial charge in [-0.2, -0.15) is 0 Å². The number of aromatic nitrogens is 1. The first-order valence-electron chi connectivity index (χ1n) is 6.65. The van der Waals surface area contributed by atoms with Gasteiger partial charge < -0.3 is 15.4 Å². The lowest BCUT2D eigenvalue weighted by Crippen LogP contribution is -2.37. The number of aliphatic hydroxyl groups excluding tert-OH is 1. The second-order valence-corrected chi connectivity index (χ2v) is 5.18. The van der Waals surface area contributed by atoms with Crippen molar-refractivity contribution < 1.29 is 9.90 Å². The van der Waals surface area contributed by atoms with Crippen molar-refractivity contribution in [2.45, 2.75) is 33.1 Å². The molecule has 4 nitrogen and oxygen atoms in total. The largest absolute Gasteiger partial charge is 0.396 e. The van der Waals surface area contributed by atoms with E-state index in [1.807, 2.05) is 0 Å². The Balaban J connectivity index is 2.72. The predicted octanol–water partition coefficient (Wildman–Crippen LogP) is 2.66. The van der Waals surface area contributed by atoms with E-state index < -0.39 is 0 Å². The molecule has 0 aliphatic rings. The number of aromatic amines is 1. The van der Waals surface area contributed by atoms with E-state index in [0.29, 0.717) is 23.2 Å². The number of carbonyl (C=O) groups is 1. The second kappa shape index (κ2) is 7.40. The lowest BCUT2D eigenvalue weighted by atomic mass is 9.79. The van der Waals surface area contributed by atoms with Gasteiger partial charge in [0.2, 0.25) is 0 Å². The first-order chi connectivity index (χ1) is 9.08. The van der Waals surface area contributed by atoms with Crippen LogP contribution in [0.2, 0.25) is 0 Å². The van der Waals surface area contributed by atoms with Crippen LogP contribution >= 0.6 is 12.2 Å². The molecule has 5 heteroatoms. The lowest BCUT2D eigenvalue weighted by molar-refractivity contribution is 0.0906. The molecule has 0 saturated heterocycles. The number of nitrogens with one attached hydrogen (secondary N) is 2. The van der Waals surface area contributed by atoms with Crippen LogP contribution in [0.1, 0.15) is 43.5 Å². The Morgan fingerprint density at radius 1 is 1.47 bits per heavy atom. The van der Waals surface area contributed by atoms with Crippen molar-refractivity contribution in [2.24, 2.45) is 5.41 Å². The molecule has 0 saturated carbocycles. The van der Waals surface area contributed by atoms with E-state index in [0.717, 1.165) is 12.8 Å². The summed E-state index contributed by atoms with van der Waals surface area (Å²) in [6.45, 7) is 4.87. The van der Waals surface area contributed by atoms with E-state index >= 15 is 0 Å². The average Bonchev–Trinajstić information content (AvgIpc) is 2.44. The standard InChI is InChI=1S/C14H22N2O2S/c1-3-14(4-2,7-9-17)10-16-12(18)11-6-5-8-15-13(11)19/h5-6,8,17H,3-4,7,9-10H2,1-2H3,(H,15,19)(H,16,18). The molecule has 1 rings (SSSR count). The monoisotopic (exact) mass is 282 g/mol. The van der Waals surface area contributed by atoms with Crippen LogP contribution in [-0.2, 0) is 0 Å². The molecule has 0 spiro atoms. The van der Waals surface area contributed by atoms with E-state index in [-0.39, 0.29) is 17.9 Å². The Kier molecular flexibility index (Phi) is 6.18. The average molecular weight is 282 g/mol. The molecular formula is C14H22N2O2S. The summed E-state index contributed by atoms with van der Waals surface area (Å²) >= 11 is 5.09. The van der Waals surface area contributed by atoms with Gasteiger partial charge in [0.15, 0.2) is 0 Å². The van der Waals surface area contributed by atoms with Gasteiger partial charge in [0.25, 0.3) is 5.91 Å². The smallest absolute Gasteiger partial charge is 0.254 e. The third-order valence-corrected chi connectivity index (χ3v) is 4.17. The van der Waals surface area contributed by atoms with Crippen LogP contribution in [0.25, 0.3) is 0 Å². The zero-order chi connectivity index (χ0) is 14.3. The fourth-order valence-corrected chi connectivity index (χ4v) is 2.37. The van der Waals surface area contributed by atoms with Crippen molar-refractivity contribution in [1.29, 1.82) is 0 Å². The molecule has 0 fully saturated rings. The first-order valence-corrected chi connectivity index (χ1v) is 7.06. The number of H-pyrrole nitrogens is 1. The highest BCUT2D eigenvalue weighted by molar-refractivity contribution is 7.71. The van der Waals surface area contributed by atoms with Gasteiger partial charge in [-0.1, -0.05) is 26.1 Å². The Morgan fingerprint density at radius 2 is 2.16 bits per heavy atom. The molecule has 0 atom stereocenters. The van der Waals surface area contributed by atoms with Gasteiger partial charge in [-0.25, -0.2) is 0 Å². The van der Waals surface area contributed by atoms with Gasteiger partial charge in [-0.3, -0.25) is 4.79 Å². The maximum absolute atomic E-state index is 12.1. The van der Waals surface area contributed by atoms with Gasteiger partial charge >= 0.3 is 0 Å². The Bertz CT molecular complexity index is 467. The number of carbonyl (C=O) groups excluding carboxylic acids is 1. The zero-order valence-electron chi connectivity index (χ0n) is 11.5. The quantitative estimate of drug-likeness (QED) is 0.674. The number of rotatable bonds is 7. The summed E-state index contributed by atoms with van der Waals surface area (Å²) in [6, 6.07) is 3.46. The van der Waals surface area contributed by atoms with Gasteiger partial charge in [0, 0.05) is 19.3 Å². The maximum atomic E-state index is 12.1. The molecule has 0 radical (unpaired) electrons. The van der Waals surface area contributed by atoms with E-state index in [2.05, 4.69) is 24.1 Å². The highest BCUT2D eigenvalue weighted by atomic mass is 32.1. The zero-order valence-corrected chi connectivity index (χ0v) is 12.3. The molecule has 0 bridgehead atoms. The topological polar surface area (TPSA) is 65.1 Å². The first kappa shape index (κ1) is 15.9. The highest BCUT2D eigenvalue weighted by Crippen LogP contribution is 2.29. The minimum Gasteiger partial charge on any atom is -0.396 e. The summed E-state index contributed by atoms with van der Waals surface area (Å²) in [5, 5.41) is 12.1. The molecule has 0 aliphatic heterocycles. The molecule has 106 valence electrons. The fourth-order valence-electron chi connectivity index (χ4n) is 2.14. The SMILES string of the molecule is CCC(CC)(CCO)CNC(=O)c1ccc[nH]c1=S. The molecular weight excluding hydrogens is 260 g/mol. The van der Waals surface area contributed by atoms with Crippen LogP contribution in [0.5, 0.6) is 0 Å². The van der Waals surface area contributed by atoms with Crippen molar-refractivity contribution in [1.82, 2.24) is 10.3 Å². The minimum absolute atomic E-state index is 0.0372. The van der Waals surface area contributed by atoms with Crippen LogP contribution in [-0.4, -0.2) is 29.1 Å². The van der Waals surface area contributed by atoms with Gasteiger partial charge in [-0.05, 0) is 36.8 Å². The van der Waals surface area contributed by atoms with Crippen LogP contribution in [0.4, 0.5) is 0 Å². The summed E-state index contributed by atoms with van der Waals surface area (Å²) in [5.41, 5.74) is 0.451. The van der Waals surface area contributed by atoms with Crippen molar-refractivity contribution in [2.75, 3.05) is 13.2 Å². The van der Waals surface area contributed by atoms with Crippen LogP contribution < -0.4 is 5.32 Å². The molecule has 1 aromatic heterocycles. The van der Waals surface area contributed by atoms with Crippen LogP contribution in [0.3, 0.4) is 0 Å². The second-order valence-electron chi connectivity index (χ2n) is 4.78. The minimum atomic E-state index is -0.161. The van der Waals surface area contributed by atoms with Gasteiger partial charge in [0.05, 0.1) is 5.56 Å². The maximum Gasteiger partial charge on any atom is 0.254 e. The third-order valence-electron chi connectivity index (χ3n) is 3.83. The summed E-state index contributed by atoms with van der Waals surface area (Å²) < 4.78 is 0.445. The Morgan fingerprint density at radius 3 is 2.68 bits per heavy atom. The molecule has 3 N–H and O–H groups in total. The molecule has 1 heterocycles. The summed E-state index contributed by atoms with van der Waals surface area (Å²) in [7, 11) is 0. The Labute approximate surface area is 119 Å². The number of amides is 1. The summed E-state index contributed by atoms with van der Waals surface area (Å²) in [5.74, 6) is -0.161. The van der Waals surface area contributed by atoms with Gasteiger partial charge in [0.1, 0.15) is 4.64 Å². The van der Waals surface area contributed by atoms with Crippen molar-refractivity contribution in [3.05, 3.63) is 28.5 Å². The van der Waals surface area contributed by atoms with E-state index in [9.17, 15) is 4.79 Å². The number of hydrogen-bond acceptors (Lipinski definition) is 3. The number of pyridine rings is 1. The number of hydrogen-bond donors (Lipinski definition) is 3. The predicted molar refractivity (Wildman–Crippen MR) is 78.7 cm³/mol. The lowest BCUT2D eigenvalue weighted by Gasteiger charge is -2.31. The highest BCUT2D eigenvalue weighted by Gasteiger charge is 2.26. The molecule has 1 aromatic rings. The van der Waals surface area contributed by atoms with Crippen LogP contribution in [0, 0.1) is 10.1 Å². The number of aliphatic hydroxyl groups is 1. The van der Waals surface area contributed by atoms with Crippen LogP contribution in [0.15, 0.2) is 18.3 Å². The molecule has 0 unspecified atom stereocenters. The van der Waals surface area contributed by atoms with Crippen molar-refractivity contribution in [3.8, 4) is 0 Å². The molecule has 19 heavy (non-hydrogen) atoms. The normalized spacial score (nSPS) is 11.3. The van der Waals surface area contributed by atoms with Crippen molar-refractivity contribution >= 4 is 18.1 Å².